The highest BCUT2D eigenvalue weighted by atomic mass is 19.1. The van der Waals surface area contributed by atoms with Crippen LogP contribution in [0, 0.1) is 22.9 Å². The van der Waals surface area contributed by atoms with Gasteiger partial charge in [0.1, 0.15) is 17.0 Å². The van der Waals surface area contributed by atoms with Gasteiger partial charge in [-0.25, -0.2) is 14.1 Å². The van der Waals surface area contributed by atoms with E-state index in [-0.39, 0.29) is 17.7 Å². The fourth-order valence-corrected chi connectivity index (χ4v) is 2.49. The monoisotopic (exact) mass is 318 g/mol. The van der Waals surface area contributed by atoms with E-state index in [4.69, 9.17) is 0 Å². The number of aromatic nitrogens is 4. The van der Waals surface area contributed by atoms with Gasteiger partial charge in [0.15, 0.2) is 5.82 Å². The standard InChI is InChI=1S/C14H15FN6O2/c1-3-20-14(13(21(22)23)8(2)19-20)16-7-11-17-10-6-4-5-9(15)12(10)18-11/h4-6,16H,3,7H2,1-2H3,(H,17,18). The van der Waals surface area contributed by atoms with Crippen molar-refractivity contribution in [3.63, 3.8) is 0 Å². The maximum atomic E-state index is 13.6. The van der Waals surface area contributed by atoms with Crippen molar-refractivity contribution in [1.82, 2.24) is 19.7 Å². The molecule has 0 radical (unpaired) electrons. The van der Waals surface area contributed by atoms with Crippen molar-refractivity contribution in [1.29, 1.82) is 0 Å². The van der Waals surface area contributed by atoms with Gasteiger partial charge in [-0.15, -0.1) is 0 Å². The average Bonchev–Trinajstić information content (AvgIpc) is 3.06. The van der Waals surface area contributed by atoms with Gasteiger partial charge in [-0.2, -0.15) is 5.10 Å². The molecule has 0 saturated carbocycles. The number of nitrogens with zero attached hydrogens (tertiary/aromatic N) is 4. The SMILES string of the molecule is CCn1nc(C)c([N+](=O)[O-])c1NCc1nc2c(F)cccc2[nH]1. The van der Waals surface area contributed by atoms with Crippen LogP contribution in [0.5, 0.6) is 0 Å². The molecule has 0 atom stereocenters. The normalized spacial score (nSPS) is 11.1. The number of aromatic amines is 1. The lowest BCUT2D eigenvalue weighted by molar-refractivity contribution is -0.384. The molecule has 2 N–H and O–H groups in total. The minimum atomic E-state index is -0.463. The molecule has 1 aromatic carbocycles. The van der Waals surface area contributed by atoms with E-state index in [1.807, 2.05) is 6.92 Å². The van der Waals surface area contributed by atoms with Crippen molar-refractivity contribution >= 4 is 22.5 Å². The zero-order valence-electron chi connectivity index (χ0n) is 12.6. The third-order valence-electron chi connectivity index (χ3n) is 3.51. The molecule has 8 nitrogen and oxygen atoms in total. The Morgan fingerprint density at radius 2 is 2.26 bits per heavy atom. The molecule has 0 aliphatic rings. The molecule has 0 saturated heterocycles. The van der Waals surface area contributed by atoms with Crippen molar-refractivity contribution < 1.29 is 9.31 Å². The quantitative estimate of drug-likeness (QED) is 0.556. The van der Waals surface area contributed by atoms with Gasteiger partial charge in [0.25, 0.3) is 0 Å². The molecular weight excluding hydrogens is 303 g/mol. The second kappa shape index (κ2) is 5.67. The number of benzene rings is 1. The molecule has 0 aliphatic carbocycles. The molecule has 0 spiro atoms. The van der Waals surface area contributed by atoms with Gasteiger partial charge < -0.3 is 10.3 Å². The average molecular weight is 318 g/mol. The number of aryl methyl sites for hydroxylation is 2. The van der Waals surface area contributed by atoms with E-state index < -0.39 is 10.7 Å². The molecule has 120 valence electrons. The van der Waals surface area contributed by atoms with E-state index in [2.05, 4.69) is 20.4 Å². The maximum absolute atomic E-state index is 13.6. The summed E-state index contributed by atoms with van der Waals surface area (Å²) in [6.07, 6.45) is 0. The van der Waals surface area contributed by atoms with Gasteiger partial charge in [0, 0.05) is 6.54 Å². The molecule has 3 aromatic rings. The Bertz CT molecular complexity index is 885. The lowest BCUT2D eigenvalue weighted by Crippen LogP contribution is -2.09. The van der Waals surface area contributed by atoms with Crippen LogP contribution >= 0.6 is 0 Å². The summed E-state index contributed by atoms with van der Waals surface area (Å²) in [6.45, 7) is 4.12. The Morgan fingerprint density at radius 3 is 2.91 bits per heavy atom. The highest BCUT2D eigenvalue weighted by molar-refractivity contribution is 5.75. The van der Waals surface area contributed by atoms with E-state index in [0.29, 0.717) is 29.4 Å². The first-order valence-corrected chi connectivity index (χ1v) is 7.10. The molecule has 23 heavy (non-hydrogen) atoms. The maximum Gasteiger partial charge on any atom is 0.333 e. The predicted octanol–water partition coefficient (Wildman–Crippen LogP) is 2.75. The topological polar surface area (TPSA) is 102 Å². The van der Waals surface area contributed by atoms with Crippen LogP contribution in [0.15, 0.2) is 18.2 Å². The number of para-hydroxylation sites is 1. The summed E-state index contributed by atoms with van der Waals surface area (Å²) < 4.78 is 15.2. The third kappa shape index (κ3) is 2.60. The number of halogens is 1. The lowest BCUT2D eigenvalue weighted by Gasteiger charge is -2.05. The summed E-state index contributed by atoms with van der Waals surface area (Å²) in [7, 11) is 0. The fraction of sp³-hybridized carbons (Fsp3) is 0.286. The number of nitro groups is 1. The third-order valence-corrected chi connectivity index (χ3v) is 3.51. The summed E-state index contributed by atoms with van der Waals surface area (Å²) in [5, 5.41) is 18.3. The fourth-order valence-electron chi connectivity index (χ4n) is 2.49. The van der Waals surface area contributed by atoms with Gasteiger partial charge in [0.05, 0.1) is 17.0 Å². The molecule has 0 aliphatic heterocycles. The number of hydrogen-bond acceptors (Lipinski definition) is 5. The Balaban J connectivity index is 1.90. The first-order chi connectivity index (χ1) is 11.0. The Labute approximate surface area is 130 Å². The molecule has 0 unspecified atom stereocenters. The van der Waals surface area contributed by atoms with Crippen LogP contribution in [-0.2, 0) is 13.1 Å². The zero-order chi connectivity index (χ0) is 16.6. The van der Waals surface area contributed by atoms with Gasteiger partial charge in [-0.3, -0.25) is 10.1 Å². The molecule has 3 rings (SSSR count). The predicted molar refractivity (Wildman–Crippen MR) is 82.7 cm³/mol. The number of fused-ring (bicyclic) bond motifs is 1. The Morgan fingerprint density at radius 1 is 1.48 bits per heavy atom. The zero-order valence-corrected chi connectivity index (χ0v) is 12.6. The minimum absolute atomic E-state index is 0.0610. The van der Waals surface area contributed by atoms with Crippen molar-refractivity contribution in [2.75, 3.05) is 5.32 Å². The summed E-state index contributed by atoms with van der Waals surface area (Å²) in [4.78, 5) is 17.9. The summed E-state index contributed by atoms with van der Waals surface area (Å²) in [5.41, 5.74) is 1.11. The van der Waals surface area contributed by atoms with Crippen LogP contribution in [0.2, 0.25) is 0 Å². The van der Waals surface area contributed by atoms with E-state index in [1.54, 1.807) is 19.1 Å². The van der Waals surface area contributed by atoms with E-state index in [1.165, 1.54) is 10.7 Å². The number of anilines is 1. The lowest BCUT2D eigenvalue weighted by atomic mass is 10.3. The van der Waals surface area contributed by atoms with Crippen molar-refractivity contribution in [2.24, 2.45) is 0 Å². The molecule has 0 amide bonds. The highest BCUT2D eigenvalue weighted by Gasteiger charge is 2.24. The van der Waals surface area contributed by atoms with Gasteiger partial charge in [-0.05, 0) is 26.0 Å². The number of rotatable bonds is 5. The Kier molecular flexibility index (Phi) is 3.68. The van der Waals surface area contributed by atoms with E-state index >= 15 is 0 Å². The van der Waals surface area contributed by atoms with Crippen LogP contribution in [-0.4, -0.2) is 24.7 Å². The first-order valence-electron chi connectivity index (χ1n) is 7.10. The van der Waals surface area contributed by atoms with Gasteiger partial charge in [0.2, 0.25) is 5.82 Å². The van der Waals surface area contributed by atoms with E-state index in [9.17, 15) is 14.5 Å². The minimum Gasteiger partial charge on any atom is -0.357 e. The highest BCUT2D eigenvalue weighted by Crippen LogP contribution is 2.28. The van der Waals surface area contributed by atoms with Crippen LogP contribution in [0.3, 0.4) is 0 Å². The van der Waals surface area contributed by atoms with E-state index in [0.717, 1.165) is 0 Å². The van der Waals surface area contributed by atoms with Crippen LogP contribution < -0.4 is 5.32 Å². The summed E-state index contributed by atoms with van der Waals surface area (Å²) in [5.74, 6) is 0.391. The number of nitrogens with one attached hydrogen (secondary N) is 2. The number of imidazole rings is 1. The number of H-pyrrole nitrogens is 1. The second-order valence-electron chi connectivity index (χ2n) is 5.03. The summed E-state index contributed by atoms with van der Waals surface area (Å²) >= 11 is 0. The number of hydrogen-bond donors (Lipinski definition) is 2. The molecule has 2 heterocycles. The van der Waals surface area contributed by atoms with Crippen molar-refractivity contribution in [2.45, 2.75) is 26.9 Å². The summed E-state index contributed by atoms with van der Waals surface area (Å²) in [6, 6.07) is 4.64. The smallest absolute Gasteiger partial charge is 0.333 e. The van der Waals surface area contributed by atoms with Crippen molar-refractivity contribution in [3.8, 4) is 0 Å². The molecular formula is C14H15FN6O2. The largest absolute Gasteiger partial charge is 0.357 e. The van der Waals surface area contributed by atoms with Crippen LogP contribution in [0.25, 0.3) is 11.0 Å². The molecule has 9 heteroatoms. The van der Waals surface area contributed by atoms with Crippen molar-refractivity contribution in [3.05, 3.63) is 45.6 Å². The second-order valence-corrected chi connectivity index (χ2v) is 5.03. The Hall–Kier alpha value is -2.97. The molecule has 0 fully saturated rings. The van der Waals surface area contributed by atoms with Crippen LogP contribution in [0.4, 0.5) is 15.9 Å². The van der Waals surface area contributed by atoms with Gasteiger partial charge >= 0.3 is 5.69 Å². The van der Waals surface area contributed by atoms with Gasteiger partial charge in [-0.1, -0.05) is 6.07 Å². The molecule has 2 aromatic heterocycles. The first kappa shape index (κ1) is 14.9. The molecule has 0 bridgehead atoms. The van der Waals surface area contributed by atoms with Crippen LogP contribution in [0.1, 0.15) is 18.4 Å².